The Morgan fingerprint density at radius 2 is 0.941 bits per heavy atom. The van der Waals surface area contributed by atoms with E-state index >= 15 is 0 Å². The van der Waals surface area contributed by atoms with Crippen molar-refractivity contribution in [1.29, 1.82) is 0 Å². The number of hydrogen-bond donors (Lipinski definition) is 0. The van der Waals surface area contributed by atoms with Crippen LogP contribution >= 0.6 is 0 Å². The van der Waals surface area contributed by atoms with Gasteiger partial charge in [0.1, 0.15) is 0 Å². The molecule has 0 fully saturated rings. The minimum absolute atomic E-state index is 0.622. The monoisotopic (exact) mass is 867 g/mol. The maximum atomic E-state index is 2.57. The smallest absolute Gasteiger partial charge is 0.0733 e. The van der Waals surface area contributed by atoms with Crippen LogP contribution in [0.3, 0.4) is 0 Å². The number of rotatable bonds is 6. The van der Waals surface area contributed by atoms with Crippen molar-refractivity contribution in [1.82, 2.24) is 4.57 Å². The third-order valence-electron chi connectivity index (χ3n) is 15.0. The molecule has 0 saturated carbocycles. The zero-order chi connectivity index (χ0) is 45.1. The lowest BCUT2D eigenvalue weighted by Crippen LogP contribution is -2.26. The number of fused-ring (bicyclic) bond motifs is 16. The van der Waals surface area contributed by atoms with Crippen LogP contribution in [0, 0.1) is 6.92 Å². The number of aryl methyl sites for hydroxylation is 2. The summed E-state index contributed by atoms with van der Waals surface area (Å²) in [5.41, 5.74) is 20.1. The van der Waals surface area contributed by atoms with Crippen LogP contribution in [-0.2, 0) is 12.5 Å². The number of benzene rings is 11. The van der Waals surface area contributed by atoms with Crippen molar-refractivity contribution in [3.8, 4) is 22.3 Å². The molecule has 3 nitrogen and oxygen atoms in total. The van der Waals surface area contributed by atoms with Gasteiger partial charge >= 0.3 is 0 Å². The zero-order valence-electron chi connectivity index (χ0n) is 37.9. The molecule has 3 heteroatoms. The van der Waals surface area contributed by atoms with E-state index in [4.69, 9.17) is 0 Å². The quantitative estimate of drug-likeness (QED) is 0.165. The summed E-state index contributed by atoms with van der Waals surface area (Å²) in [5.74, 6) is 0. The van der Waals surface area contributed by atoms with Crippen molar-refractivity contribution in [3.05, 3.63) is 264 Å². The van der Waals surface area contributed by atoms with Gasteiger partial charge in [0.05, 0.1) is 22.3 Å². The molecule has 0 unspecified atom stereocenters. The molecule has 0 atom stereocenters. The fourth-order valence-corrected chi connectivity index (χ4v) is 12.1. The standard InChI is InChI=1S/C65H45N3/c1-42-31-34-46(35-32-42)67(45-19-4-3-5-20-45)48-37-38-55-58(40-48)65(56-27-13-10-21-49(56)50-22-11-14-28-57(50)65)59-41-62(51-23-8-9-25-53(51)63(55)59)68(47-36-33-43-17-6-7-18-44(43)39-47)61-30-16-26-54-52-24-12-15-29-60(52)66(2)64(54)61/h3-41H,1-2H3. The zero-order valence-corrected chi connectivity index (χ0v) is 37.9. The van der Waals surface area contributed by atoms with E-state index in [-0.39, 0.29) is 0 Å². The van der Waals surface area contributed by atoms with Crippen LogP contribution in [0.4, 0.5) is 34.1 Å². The van der Waals surface area contributed by atoms with Gasteiger partial charge in [0.15, 0.2) is 0 Å². The van der Waals surface area contributed by atoms with E-state index in [0.29, 0.717) is 0 Å². The Bertz CT molecular complexity index is 3960. The maximum Gasteiger partial charge on any atom is 0.0733 e. The molecule has 0 aliphatic heterocycles. The second kappa shape index (κ2) is 14.7. The molecule has 0 N–H and O–H groups in total. The van der Waals surface area contributed by atoms with Gasteiger partial charge in [0.2, 0.25) is 0 Å². The fraction of sp³-hybridized carbons (Fsp3) is 0.0462. The molecular weight excluding hydrogens is 823 g/mol. The van der Waals surface area contributed by atoms with Crippen molar-refractivity contribution in [2.75, 3.05) is 9.80 Å². The van der Waals surface area contributed by atoms with E-state index in [9.17, 15) is 0 Å². The van der Waals surface area contributed by atoms with Crippen LogP contribution in [0.15, 0.2) is 237 Å². The second-order valence-electron chi connectivity index (χ2n) is 18.6. The van der Waals surface area contributed by atoms with Crippen LogP contribution in [0.2, 0.25) is 0 Å². The highest BCUT2D eigenvalue weighted by molar-refractivity contribution is 6.17. The van der Waals surface area contributed by atoms with Gasteiger partial charge < -0.3 is 14.4 Å². The van der Waals surface area contributed by atoms with Crippen molar-refractivity contribution in [2.24, 2.45) is 7.05 Å². The third-order valence-corrected chi connectivity index (χ3v) is 15.0. The SMILES string of the molecule is Cc1ccc(N(c2ccccc2)c2ccc3c(c2)C2(c4ccccc4-c4ccccc42)c2cc(N(c4ccc5ccccc5c4)c4cccc5c6ccccc6n(C)c45)c4ccccc4c2-3)cc1. The predicted molar refractivity (Wildman–Crippen MR) is 286 cm³/mol. The number of aromatic nitrogens is 1. The highest BCUT2D eigenvalue weighted by Gasteiger charge is 2.52. The van der Waals surface area contributed by atoms with E-state index in [1.165, 1.54) is 93.4 Å². The van der Waals surface area contributed by atoms with Gasteiger partial charge in [-0.3, -0.25) is 0 Å². The van der Waals surface area contributed by atoms with Gasteiger partial charge in [-0.05, 0) is 134 Å². The molecule has 0 bridgehead atoms. The molecule has 12 aromatic rings. The summed E-state index contributed by atoms with van der Waals surface area (Å²) >= 11 is 0. The fourth-order valence-electron chi connectivity index (χ4n) is 12.1. The summed E-state index contributed by atoms with van der Waals surface area (Å²) in [5, 5.41) is 7.36. The van der Waals surface area contributed by atoms with Gasteiger partial charge in [-0.15, -0.1) is 0 Å². The minimum Gasteiger partial charge on any atom is -0.342 e. The summed E-state index contributed by atoms with van der Waals surface area (Å²) in [6.45, 7) is 2.16. The van der Waals surface area contributed by atoms with Gasteiger partial charge in [0.25, 0.3) is 0 Å². The van der Waals surface area contributed by atoms with E-state index in [0.717, 1.165) is 34.1 Å². The Kier molecular flexibility index (Phi) is 8.33. The van der Waals surface area contributed by atoms with Gasteiger partial charge in [-0.1, -0.05) is 175 Å². The van der Waals surface area contributed by atoms with Gasteiger partial charge in [0, 0.05) is 51.5 Å². The summed E-state index contributed by atoms with van der Waals surface area (Å²) in [4.78, 5) is 4.97. The Morgan fingerprint density at radius 1 is 0.353 bits per heavy atom. The number of hydrogen-bond acceptors (Lipinski definition) is 2. The molecule has 14 rings (SSSR count). The first-order valence-corrected chi connectivity index (χ1v) is 23.7. The van der Waals surface area contributed by atoms with Crippen LogP contribution in [0.5, 0.6) is 0 Å². The van der Waals surface area contributed by atoms with Gasteiger partial charge in [-0.2, -0.15) is 0 Å². The molecule has 68 heavy (non-hydrogen) atoms. The molecule has 320 valence electrons. The number of para-hydroxylation sites is 3. The van der Waals surface area contributed by atoms with Crippen molar-refractivity contribution in [3.63, 3.8) is 0 Å². The Balaban J connectivity index is 1.11. The molecule has 2 aliphatic rings. The van der Waals surface area contributed by atoms with E-state index < -0.39 is 5.41 Å². The molecular formula is C65H45N3. The lowest BCUT2D eigenvalue weighted by atomic mass is 9.70. The van der Waals surface area contributed by atoms with Crippen LogP contribution in [-0.4, -0.2) is 4.57 Å². The Hall–Kier alpha value is -8.66. The first-order valence-electron chi connectivity index (χ1n) is 23.7. The Labute approximate surface area is 396 Å². The summed E-state index contributed by atoms with van der Waals surface area (Å²) in [7, 11) is 2.22. The predicted octanol–water partition coefficient (Wildman–Crippen LogP) is 17.2. The van der Waals surface area contributed by atoms with Crippen LogP contribution in [0.1, 0.15) is 27.8 Å². The topological polar surface area (TPSA) is 11.4 Å². The average molecular weight is 868 g/mol. The summed E-state index contributed by atoms with van der Waals surface area (Å²) in [6, 6.07) is 88.4. The molecule has 1 heterocycles. The lowest BCUT2D eigenvalue weighted by molar-refractivity contribution is 0.794. The van der Waals surface area contributed by atoms with Crippen molar-refractivity contribution in [2.45, 2.75) is 12.3 Å². The first kappa shape index (κ1) is 38.6. The number of nitrogens with zero attached hydrogens (tertiary/aromatic N) is 3. The lowest BCUT2D eigenvalue weighted by Gasteiger charge is -2.34. The molecule has 11 aromatic carbocycles. The van der Waals surface area contributed by atoms with E-state index in [1.54, 1.807) is 0 Å². The van der Waals surface area contributed by atoms with Crippen LogP contribution in [0.25, 0.3) is 65.6 Å². The highest BCUT2D eigenvalue weighted by Crippen LogP contribution is 2.65. The first-order chi connectivity index (χ1) is 33.6. The van der Waals surface area contributed by atoms with E-state index in [1.807, 2.05) is 0 Å². The largest absolute Gasteiger partial charge is 0.342 e. The average Bonchev–Trinajstić information content (AvgIpc) is 3.98. The van der Waals surface area contributed by atoms with E-state index in [2.05, 4.69) is 265 Å². The Morgan fingerprint density at radius 3 is 1.72 bits per heavy atom. The third kappa shape index (κ3) is 5.36. The molecule has 1 spiro atoms. The molecule has 2 aliphatic carbocycles. The summed E-state index contributed by atoms with van der Waals surface area (Å²) < 4.78 is 2.39. The highest BCUT2D eigenvalue weighted by atomic mass is 15.2. The number of anilines is 6. The molecule has 0 radical (unpaired) electrons. The normalized spacial score (nSPS) is 13.0. The molecule has 0 amide bonds. The molecule has 0 saturated heterocycles. The second-order valence-corrected chi connectivity index (χ2v) is 18.6. The van der Waals surface area contributed by atoms with Crippen molar-refractivity contribution < 1.29 is 0 Å². The van der Waals surface area contributed by atoms with Crippen LogP contribution < -0.4 is 9.80 Å². The minimum atomic E-state index is -0.622. The molecule has 1 aromatic heterocycles. The maximum absolute atomic E-state index is 2.57. The van der Waals surface area contributed by atoms with Gasteiger partial charge in [-0.25, -0.2) is 0 Å². The summed E-state index contributed by atoms with van der Waals surface area (Å²) in [6.07, 6.45) is 0. The van der Waals surface area contributed by atoms with Crippen molar-refractivity contribution >= 4 is 77.5 Å².